The second-order valence-corrected chi connectivity index (χ2v) is 3.61. The van der Waals surface area contributed by atoms with Crippen molar-refractivity contribution in [1.29, 1.82) is 0 Å². The van der Waals surface area contributed by atoms with Crippen molar-refractivity contribution in [3.05, 3.63) is 22.8 Å². The average molecular weight is 241 g/mol. The van der Waals surface area contributed by atoms with Crippen molar-refractivity contribution < 1.29 is 4.74 Å². The van der Waals surface area contributed by atoms with E-state index in [9.17, 15) is 0 Å². The van der Waals surface area contributed by atoms with Gasteiger partial charge in [-0.3, -0.25) is 0 Å². The van der Waals surface area contributed by atoms with Gasteiger partial charge in [-0.2, -0.15) is 4.98 Å². The fourth-order valence-corrected chi connectivity index (χ4v) is 1.68. The summed E-state index contributed by atoms with van der Waals surface area (Å²) in [4.78, 5) is 4.32. The predicted molar refractivity (Wildman–Crippen MR) is 55.0 cm³/mol. The molecule has 2 rings (SSSR count). The molecular formula is C9H9BrN2O. The van der Waals surface area contributed by atoms with Crippen LogP contribution in [0.25, 0.3) is 11.0 Å². The normalized spacial score (nSPS) is 10.7. The van der Waals surface area contributed by atoms with E-state index >= 15 is 0 Å². The molecule has 0 aromatic carbocycles. The van der Waals surface area contributed by atoms with Crippen LogP contribution in [0.2, 0.25) is 0 Å². The van der Waals surface area contributed by atoms with Crippen LogP contribution in [0, 0.1) is 0 Å². The molecule has 2 aromatic heterocycles. The molecule has 4 heteroatoms. The van der Waals surface area contributed by atoms with Crippen molar-refractivity contribution in [1.82, 2.24) is 9.55 Å². The van der Waals surface area contributed by atoms with E-state index in [-0.39, 0.29) is 0 Å². The number of rotatable bonds is 1. The monoisotopic (exact) mass is 240 g/mol. The van der Waals surface area contributed by atoms with Crippen molar-refractivity contribution in [2.24, 2.45) is 7.05 Å². The second-order valence-electron chi connectivity index (χ2n) is 2.79. The molecule has 0 bridgehead atoms. The number of aryl methyl sites for hydroxylation is 1. The largest absolute Gasteiger partial charge is 0.481 e. The van der Waals surface area contributed by atoms with E-state index in [0.717, 1.165) is 15.6 Å². The van der Waals surface area contributed by atoms with Crippen molar-refractivity contribution in [3.8, 4) is 5.88 Å². The van der Waals surface area contributed by atoms with Gasteiger partial charge < -0.3 is 9.30 Å². The Hall–Kier alpha value is -1.03. The fraction of sp³-hybridized carbons (Fsp3) is 0.222. The lowest BCUT2D eigenvalue weighted by atomic mass is 10.3. The minimum atomic E-state index is 0.640. The van der Waals surface area contributed by atoms with Crippen molar-refractivity contribution in [3.63, 3.8) is 0 Å². The highest BCUT2D eigenvalue weighted by molar-refractivity contribution is 9.10. The van der Waals surface area contributed by atoms with E-state index in [2.05, 4.69) is 20.9 Å². The predicted octanol–water partition coefficient (Wildman–Crippen LogP) is 2.34. The Morgan fingerprint density at radius 1 is 1.46 bits per heavy atom. The van der Waals surface area contributed by atoms with Crippen molar-refractivity contribution in [2.45, 2.75) is 0 Å². The molecule has 0 aliphatic rings. The molecule has 0 unspecified atom stereocenters. The van der Waals surface area contributed by atoms with Gasteiger partial charge in [0.1, 0.15) is 5.65 Å². The Bertz CT molecular complexity index is 450. The molecule has 0 aliphatic heterocycles. The number of pyridine rings is 1. The third-order valence-corrected chi connectivity index (χ3v) is 2.76. The molecule has 0 N–H and O–H groups in total. The van der Waals surface area contributed by atoms with Gasteiger partial charge >= 0.3 is 0 Å². The number of ether oxygens (including phenoxy) is 1. The molecule has 0 saturated heterocycles. The Labute approximate surface area is 84.5 Å². The van der Waals surface area contributed by atoms with Crippen LogP contribution in [0.1, 0.15) is 0 Å². The van der Waals surface area contributed by atoms with Gasteiger partial charge in [-0.1, -0.05) is 0 Å². The molecule has 0 atom stereocenters. The maximum atomic E-state index is 5.05. The van der Waals surface area contributed by atoms with Gasteiger partial charge in [-0.25, -0.2) is 0 Å². The fourth-order valence-electron chi connectivity index (χ4n) is 1.26. The number of hydrogen-bond donors (Lipinski definition) is 0. The molecule has 0 spiro atoms. The topological polar surface area (TPSA) is 27.1 Å². The molecule has 0 fully saturated rings. The van der Waals surface area contributed by atoms with Crippen LogP contribution in [0.5, 0.6) is 5.88 Å². The van der Waals surface area contributed by atoms with Crippen LogP contribution in [0.3, 0.4) is 0 Å². The standard InChI is InChI=1S/C9H9BrN2O/c1-12-7(10)5-6-3-4-8(13-2)11-9(6)12/h3-5H,1-2H3. The Balaban J connectivity index is 2.75. The van der Waals surface area contributed by atoms with Gasteiger partial charge in [0, 0.05) is 18.5 Å². The Kier molecular flexibility index (Phi) is 2.00. The van der Waals surface area contributed by atoms with Crippen LogP contribution >= 0.6 is 15.9 Å². The van der Waals surface area contributed by atoms with Crippen molar-refractivity contribution in [2.75, 3.05) is 7.11 Å². The summed E-state index contributed by atoms with van der Waals surface area (Å²) in [5.74, 6) is 0.640. The Morgan fingerprint density at radius 2 is 2.23 bits per heavy atom. The summed E-state index contributed by atoms with van der Waals surface area (Å²) in [5, 5.41) is 1.11. The van der Waals surface area contributed by atoms with Crippen LogP contribution in [-0.2, 0) is 7.05 Å². The van der Waals surface area contributed by atoms with E-state index in [0.29, 0.717) is 5.88 Å². The summed E-state index contributed by atoms with van der Waals surface area (Å²) in [7, 11) is 3.57. The zero-order valence-electron chi connectivity index (χ0n) is 7.41. The molecule has 2 aromatic rings. The minimum Gasteiger partial charge on any atom is -0.481 e. The zero-order valence-corrected chi connectivity index (χ0v) is 9.00. The van der Waals surface area contributed by atoms with Gasteiger partial charge in [0.05, 0.1) is 11.7 Å². The molecule has 0 amide bonds. The highest BCUT2D eigenvalue weighted by Crippen LogP contribution is 2.22. The van der Waals surface area contributed by atoms with Crippen LogP contribution in [-0.4, -0.2) is 16.7 Å². The van der Waals surface area contributed by atoms with Crippen LogP contribution < -0.4 is 4.74 Å². The van der Waals surface area contributed by atoms with Crippen LogP contribution in [0.15, 0.2) is 22.8 Å². The van der Waals surface area contributed by atoms with E-state index in [1.54, 1.807) is 7.11 Å². The van der Waals surface area contributed by atoms with Gasteiger partial charge in [0.2, 0.25) is 5.88 Å². The highest BCUT2D eigenvalue weighted by atomic mass is 79.9. The van der Waals surface area contributed by atoms with Gasteiger partial charge in [0.25, 0.3) is 0 Å². The van der Waals surface area contributed by atoms with E-state index < -0.39 is 0 Å². The lowest BCUT2D eigenvalue weighted by Gasteiger charge is -1.99. The lowest BCUT2D eigenvalue weighted by Crippen LogP contribution is -1.92. The van der Waals surface area contributed by atoms with Gasteiger partial charge in [0.15, 0.2) is 0 Å². The summed E-state index contributed by atoms with van der Waals surface area (Å²) < 4.78 is 8.03. The first-order valence-electron chi connectivity index (χ1n) is 3.88. The summed E-state index contributed by atoms with van der Waals surface area (Å²) in [6, 6.07) is 5.88. The smallest absolute Gasteiger partial charge is 0.214 e. The summed E-state index contributed by atoms with van der Waals surface area (Å²) in [6.07, 6.45) is 0. The number of methoxy groups -OCH3 is 1. The first-order valence-corrected chi connectivity index (χ1v) is 4.67. The molecule has 3 nitrogen and oxygen atoms in total. The summed E-state index contributed by atoms with van der Waals surface area (Å²) in [6.45, 7) is 0. The first kappa shape index (κ1) is 8.56. The molecular weight excluding hydrogens is 232 g/mol. The first-order chi connectivity index (χ1) is 6.22. The third-order valence-electron chi connectivity index (χ3n) is 2.00. The maximum Gasteiger partial charge on any atom is 0.214 e. The van der Waals surface area contributed by atoms with Gasteiger partial charge in [-0.05, 0) is 28.1 Å². The maximum absolute atomic E-state index is 5.05. The molecule has 13 heavy (non-hydrogen) atoms. The van der Waals surface area contributed by atoms with Gasteiger partial charge in [-0.15, -0.1) is 0 Å². The lowest BCUT2D eigenvalue weighted by molar-refractivity contribution is 0.399. The minimum absolute atomic E-state index is 0.640. The molecule has 2 heterocycles. The molecule has 0 radical (unpaired) electrons. The number of nitrogens with zero attached hydrogens (tertiary/aromatic N) is 2. The van der Waals surface area contributed by atoms with E-state index in [4.69, 9.17) is 4.74 Å². The van der Waals surface area contributed by atoms with Crippen molar-refractivity contribution >= 4 is 27.0 Å². The number of aromatic nitrogens is 2. The summed E-state index contributed by atoms with van der Waals surface area (Å²) in [5.41, 5.74) is 0.922. The van der Waals surface area contributed by atoms with E-state index in [1.807, 2.05) is 29.8 Å². The zero-order chi connectivity index (χ0) is 9.42. The number of hydrogen-bond acceptors (Lipinski definition) is 2. The third kappa shape index (κ3) is 1.31. The molecule has 0 aliphatic carbocycles. The SMILES string of the molecule is COc1ccc2cc(Br)n(C)c2n1. The average Bonchev–Trinajstić information content (AvgIpc) is 2.43. The quantitative estimate of drug-likeness (QED) is 0.766. The van der Waals surface area contributed by atoms with Crippen LogP contribution in [0.4, 0.5) is 0 Å². The second kappa shape index (κ2) is 3.03. The molecule has 68 valence electrons. The Morgan fingerprint density at radius 3 is 2.92 bits per heavy atom. The highest BCUT2D eigenvalue weighted by Gasteiger charge is 2.05. The summed E-state index contributed by atoms with van der Waals surface area (Å²) >= 11 is 3.44. The number of halogens is 1. The van der Waals surface area contributed by atoms with E-state index in [1.165, 1.54) is 0 Å². The number of fused-ring (bicyclic) bond motifs is 1. The molecule has 0 saturated carbocycles.